The summed E-state index contributed by atoms with van der Waals surface area (Å²) < 4.78 is 26.0. The summed E-state index contributed by atoms with van der Waals surface area (Å²) in [6.07, 6.45) is 7.04. The van der Waals surface area contributed by atoms with E-state index >= 15 is 0 Å². The number of thioether (sulfide) groups is 1. The molecule has 5 rings (SSSR count). The number of fused-ring (bicyclic) bond motifs is 1. The second kappa shape index (κ2) is 8.67. The number of para-hydroxylation sites is 1. The second-order valence-corrected chi connectivity index (χ2v) is 9.51. The van der Waals surface area contributed by atoms with Crippen molar-refractivity contribution in [1.82, 2.24) is 4.90 Å². The summed E-state index contributed by atoms with van der Waals surface area (Å²) in [5.74, 6) is 0.832. The van der Waals surface area contributed by atoms with Crippen LogP contribution < -0.4 is 9.47 Å². The Labute approximate surface area is 192 Å². The molecule has 0 radical (unpaired) electrons. The maximum Gasteiger partial charge on any atom is 0.267 e. The van der Waals surface area contributed by atoms with E-state index in [-0.39, 0.29) is 24.4 Å². The molecule has 31 heavy (non-hydrogen) atoms. The number of carbonyl (C=O) groups is 1. The molecule has 2 heterocycles. The van der Waals surface area contributed by atoms with Crippen molar-refractivity contribution in [3.05, 3.63) is 57.2 Å². The standard InChI is InChI=1S/C23H20BrFN2O3S/c24-16-12-20-19(29-13-30-20)10-14(16)11-21-22(28)27(15-6-2-1-3-7-15)23(31-21)26-18-9-5-4-8-17(18)25/h4-5,8-12,15H,1-3,6-7,13H2/b21-11-,26-23?. The van der Waals surface area contributed by atoms with E-state index in [1.54, 1.807) is 23.1 Å². The zero-order valence-corrected chi connectivity index (χ0v) is 19.0. The predicted molar refractivity (Wildman–Crippen MR) is 123 cm³/mol. The number of halogens is 2. The summed E-state index contributed by atoms with van der Waals surface area (Å²) in [5.41, 5.74) is 1.06. The van der Waals surface area contributed by atoms with Crippen molar-refractivity contribution >= 4 is 50.5 Å². The van der Waals surface area contributed by atoms with Crippen LogP contribution in [0.25, 0.3) is 6.08 Å². The van der Waals surface area contributed by atoms with E-state index in [1.807, 2.05) is 18.2 Å². The molecule has 0 N–H and O–H groups in total. The van der Waals surface area contributed by atoms with Crippen LogP contribution in [0.2, 0.25) is 0 Å². The van der Waals surface area contributed by atoms with Crippen molar-refractivity contribution in [2.75, 3.05) is 6.79 Å². The van der Waals surface area contributed by atoms with Crippen LogP contribution in [-0.2, 0) is 4.79 Å². The molecule has 0 aromatic heterocycles. The molecule has 2 aromatic rings. The average molecular weight is 503 g/mol. The van der Waals surface area contributed by atoms with Crippen LogP contribution >= 0.6 is 27.7 Å². The first-order valence-corrected chi connectivity index (χ1v) is 11.9. The van der Waals surface area contributed by atoms with Crippen molar-refractivity contribution in [3.8, 4) is 11.5 Å². The number of amidine groups is 1. The number of aliphatic imine (C=N–C) groups is 1. The Morgan fingerprint density at radius 1 is 1.13 bits per heavy atom. The minimum atomic E-state index is -0.400. The van der Waals surface area contributed by atoms with Gasteiger partial charge in [0, 0.05) is 10.5 Å². The van der Waals surface area contributed by atoms with Gasteiger partial charge in [-0.25, -0.2) is 9.38 Å². The highest BCUT2D eigenvalue weighted by Gasteiger charge is 2.39. The monoisotopic (exact) mass is 502 g/mol. The highest BCUT2D eigenvalue weighted by Crippen LogP contribution is 2.42. The fourth-order valence-electron chi connectivity index (χ4n) is 4.06. The summed E-state index contributed by atoms with van der Waals surface area (Å²) in [6, 6.07) is 10.2. The highest BCUT2D eigenvalue weighted by atomic mass is 79.9. The largest absolute Gasteiger partial charge is 0.454 e. The normalized spacial score (nSPS) is 21.5. The number of ether oxygens (including phenoxy) is 2. The number of carbonyl (C=O) groups excluding carboxylic acids is 1. The summed E-state index contributed by atoms with van der Waals surface area (Å²) in [5, 5.41) is 0.533. The van der Waals surface area contributed by atoms with Crippen molar-refractivity contribution in [2.24, 2.45) is 4.99 Å². The molecule has 1 saturated heterocycles. The van der Waals surface area contributed by atoms with E-state index in [9.17, 15) is 9.18 Å². The Morgan fingerprint density at radius 3 is 2.65 bits per heavy atom. The van der Waals surface area contributed by atoms with Crippen molar-refractivity contribution in [1.29, 1.82) is 0 Å². The summed E-state index contributed by atoms with van der Waals surface area (Å²) in [4.78, 5) is 20.3. The van der Waals surface area contributed by atoms with E-state index in [4.69, 9.17) is 9.47 Å². The third kappa shape index (κ3) is 4.11. The molecule has 3 aliphatic rings. The topological polar surface area (TPSA) is 51.1 Å². The van der Waals surface area contributed by atoms with Crippen LogP contribution in [-0.4, -0.2) is 28.8 Å². The van der Waals surface area contributed by atoms with Gasteiger partial charge >= 0.3 is 0 Å². The number of benzene rings is 2. The zero-order valence-electron chi connectivity index (χ0n) is 16.6. The smallest absolute Gasteiger partial charge is 0.267 e. The second-order valence-electron chi connectivity index (χ2n) is 7.65. The van der Waals surface area contributed by atoms with Gasteiger partial charge in [0.1, 0.15) is 11.5 Å². The molecular formula is C23H20BrFN2O3S. The van der Waals surface area contributed by atoms with E-state index in [0.29, 0.717) is 21.6 Å². The minimum Gasteiger partial charge on any atom is -0.454 e. The van der Waals surface area contributed by atoms with Gasteiger partial charge in [-0.05, 0) is 60.5 Å². The van der Waals surface area contributed by atoms with Crippen LogP contribution in [0.4, 0.5) is 10.1 Å². The van der Waals surface area contributed by atoms with Gasteiger partial charge in [-0.1, -0.05) is 47.3 Å². The van der Waals surface area contributed by atoms with Gasteiger partial charge in [0.25, 0.3) is 5.91 Å². The number of rotatable bonds is 3. The lowest BCUT2D eigenvalue weighted by Crippen LogP contribution is -2.40. The third-order valence-corrected chi connectivity index (χ3v) is 7.29. The molecule has 8 heteroatoms. The van der Waals surface area contributed by atoms with E-state index in [2.05, 4.69) is 20.9 Å². The lowest BCUT2D eigenvalue weighted by molar-refractivity contribution is -0.124. The molecule has 160 valence electrons. The van der Waals surface area contributed by atoms with Gasteiger partial charge in [0.2, 0.25) is 6.79 Å². The maximum atomic E-state index is 14.3. The lowest BCUT2D eigenvalue weighted by atomic mass is 9.94. The van der Waals surface area contributed by atoms with Gasteiger partial charge in [-0.15, -0.1) is 0 Å². The maximum absolute atomic E-state index is 14.3. The molecular weight excluding hydrogens is 483 g/mol. The van der Waals surface area contributed by atoms with Crippen molar-refractivity contribution in [2.45, 2.75) is 38.1 Å². The van der Waals surface area contributed by atoms with Crippen molar-refractivity contribution < 1.29 is 18.7 Å². The van der Waals surface area contributed by atoms with Crippen LogP contribution in [0.5, 0.6) is 11.5 Å². The van der Waals surface area contributed by atoms with Crippen molar-refractivity contribution in [3.63, 3.8) is 0 Å². The number of nitrogens with zero attached hydrogens (tertiary/aromatic N) is 2. The predicted octanol–water partition coefficient (Wildman–Crippen LogP) is 6.25. The lowest BCUT2D eigenvalue weighted by Gasteiger charge is -2.30. The molecule has 2 aliphatic heterocycles. The molecule has 0 unspecified atom stereocenters. The van der Waals surface area contributed by atoms with Gasteiger partial charge in [0.15, 0.2) is 16.7 Å². The van der Waals surface area contributed by atoms with Crippen LogP contribution in [0.1, 0.15) is 37.7 Å². The first kappa shape index (κ1) is 20.6. The Hall–Kier alpha value is -2.32. The van der Waals surface area contributed by atoms with Gasteiger partial charge < -0.3 is 9.47 Å². The number of amides is 1. The fraction of sp³-hybridized carbons (Fsp3) is 0.304. The molecule has 1 saturated carbocycles. The molecule has 1 amide bonds. The van der Waals surface area contributed by atoms with E-state index in [0.717, 1.165) is 35.7 Å². The summed E-state index contributed by atoms with van der Waals surface area (Å²) in [7, 11) is 0. The fourth-order valence-corrected chi connectivity index (χ4v) is 5.54. The van der Waals surface area contributed by atoms with Crippen LogP contribution in [0.15, 0.2) is 50.8 Å². The average Bonchev–Trinajstić information content (AvgIpc) is 3.34. The highest BCUT2D eigenvalue weighted by molar-refractivity contribution is 9.10. The first-order valence-electron chi connectivity index (χ1n) is 10.3. The minimum absolute atomic E-state index is 0.0865. The van der Waals surface area contributed by atoms with Gasteiger partial charge in [-0.2, -0.15) is 0 Å². The van der Waals surface area contributed by atoms with Crippen LogP contribution in [0.3, 0.4) is 0 Å². The van der Waals surface area contributed by atoms with Gasteiger partial charge in [0.05, 0.1) is 4.91 Å². The molecule has 2 fully saturated rings. The Balaban J connectivity index is 1.53. The molecule has 5 nitrogen and oxygen atoms in total. The van der Waals surface area contributed by atoms with Crippen LogP contribution in [0, 0.1) is 5.82 Å². The Kier molecular flexibility index (Phi) is 5.75. The molecule has 0 spiro atoms. The molecule has 2 aromatic carbocycles. The third-order valence-electron chi connectivity index (χ3n) is 5.62. The molecule has 1 aliphatic carbocycles. The quantitative estimate of drug-likeness (QED) is 0.465. The first-order chi connectivity index (χ1) is 15.1. The number of hydrogen-bond acceptors (Lipinski definition) is 5. The summed E-state index contributed by atoms with van der Waals surface area (Å²) >= 11 is 4.84. The van der Waals surface area contributed by atoms with E-state index < -0.39 is 5.82 Å². The summed E-state index contributed by atoms with van der Waals surface area (Å²) in [6.45, 7) is 0.185. The molecule has 0 bridgehead atoms. The Morgan fingerprint density at radius 2 is 1.87 bits per heavy atom. The van der Waals surface area contributed by atoms with E-state index in [1.165, 1.54) is 24.2 Å². The SMILES string of the molecule is O=C1/C(=C/c2cc3c(cc2Br)OCO3)SC(=Nc2ccccc2F)N1C1CCCCC1. The molecule has 0 atom stereocenters. The van der Waals surface area contributed by atoms with Gasteiger partial charge in [-0.3, -0.25) is 9.69 Å². The zero-order chi connectivity index (χ0) is 21.4. The number of hydrogen-bond donors (Lipinski definition) is 0. The Bertz CT molecular complexity index is 1100.